The number of fused-ring (bicyclic) bond motifs is 1. The fraction of sp³-hybridized carbons (Fsp3) is 0.310. The maximum atomic E-state index is 13.8. The molecule has 0 radical (unpaired) electrons. The topological polar surface area (TPSA) is 116 Å². The lowest BCUT2D eigenvalue weighted by Crippen LogP contribution is -2.32. The first-order valence-corrected chi connectivity index (χ1v) is 14.3. The van der Waals surface area contributed by atoms with Crippen molar-refractivity contribution in [3.8, 4) is 0 Å². The average Bonchev–Trinajstić information content (AvgIpc) is 3.71. The Morgan fingerprint density at radius 1 is 0.947 bits per heavy atom. The Morgan fingerprint density at radius 3 is 2.39 bits per heavy atom. The van der Waals surface area contributed by atoms with Crippen LogP contribution in [0.3, 0.4) is 0 Å². The molecule has 0 bridgehead atoms. The Bertz CT molecular complexity index is 1440. The fourth-order valence-corrected chi connectivity index (χ4v) is 5.65. The quantitative estimate of drug-likeness (QED) is 0.333. The summed E-state index contributed by atoms with van der Waals surface area (Å²) in [6, 6.07) is 18.3. The van der Waals surface area contributed by atoms with Crippen molar-refractivity contribution in [1.29, 1.82) is 0 Å². The summed E-state index contributed by atoms with van der Waals surface area (Å²) in [7, 11) is -4.72. The van der Waals surface area contributed by atoms with Crippen molar-refractivity contribution in [1.82, 2.24) is 0 Å². The number of anilines is 2. The highest BCUT2D eigenvalue weighted by atomic mass is 31.2. The van der Waals surface area contributed by atoms with Gasteiger partial charge in [0.25, 0.3) is 11.8 Å². The molecule has 5 rings (SSSR count). The number of nitrogens with one attached hydrogen (secondary N) is 1. The predicted octanol–water partition coefficient (Wildman–Crippen LogP) is 6.02. The van der Waals surface area contributed by atoms with E-state index in [-0.39, 0.29) is 11.8 Å². The van der Waals surface area contributed by atoms with E-state index in [0.717, 1.165) is 24.0 Å². The number of aryl methyl sites for hydroxylation is 2. The van der Waals surface area contributed by atoms with Crippen molar-refractivity contribution in [2.45, 2.75) is 51.6 Å². The van der Waals surface area contributed by atoms with Gasteiger partial charge in [-0.05, 0) is 92.5 Å². The standard InChI is InChI=1S/C29H31N2O6P/c1-18-6-3-4-7-23(18)28(32)30-22-12-13-24(19(2)16-22)29(33)31-15-5-8-27(37-38(34,35)36)25-17-21(20-9-10-20)11-14-26(25)31/h3-4,6-7,11-14,16-17,20,27H,5,8-10,15H2,1-2H3,(H,30,32)(H2,34,35,36). The zero-order valence-electron chi connectivity index (χ0n) is 21.4. The van der Waals surface area contributed by atoms with Crippen LogP contribution in [0.15, 0.2) is 60.7 Å². The zero-order valence-corrected chi connectivity index (χ0v) is 22.3. The number of rotatable bonds is 6. The van der Waals surface area contributed by atoms with Crippen molar-refractivity contribution < 1.29 is 28.5 Å². The Kier molecular flexibility index (Phi) is 7.25. The van der Waals surface area contributed by atoms with Crippen LogP contribution in [0.5, 0.6) is 0 Å². The molecule has 1 fully saturated rings. The summed E-state index contributed by atoms with van der Waals surface area (Å²) in [5.41, 5.74) is 5.58. The number of phosphoric ester groups is 1. The Balaban J connectivity index is 1.43. The third-order valence-electron chi connectivity index (χ3n) is 7.20. The van der Waals surface area contributed by atoms with Gasteiger partial charge in [-0.15, -0.1) is 0 Å². The molecule has 3 N–H and O–H groups in total. The largest absolute Gasteiger partial charge is 0.470 e. The van der Waals surface area contributed by atoms with Gasteiger partial charge in [0.2, 0.25) is 0 Å². The summed E-state index contributed by atoms with van der Waals surface area (Å²) < 4.78 is 16.9. The van der Waals surface area contributed by atoms with Gasteiger partial charge in [0.1, 0.15) is 0 Å². The number of hydrogen-bond donors (Lipinski definition) is 3. The smallest absolute Gasteiger partial charge is 0.322 e. The number of nitrogens with zero attached hydrogens (tertiary/aromatic N) is 1. The van der Waals surface area contributed by atoms with Gasteiger partial charge in [-0.3, -0.25) is 14.1 Å². The summed E-state index contributed by atoms with van der Waals surface area (Å²) in [6.07, 6.45) is 2.27. The molecule has 1 unspecified atom stereocenters. The molecule has 3 aromatic rings. The lowest BCUT2D eigenvalue weighted by Gasteiger charge is -2.26. The van der Waals surface area contributed by atoms with E-state index in [1.165, 1.54) is 0 Å². The first-order valence-electron chi connectivity index (χ1n) is 12.8. The number of carbonyl (C=O) groups is 2. The highest BCUT2D eigenvalue weighted by Crippen LogP contribution is 2.49. The fourth-order valence-electron chi connectivity index (χ4n) is 5.10. The first kappa shape index (κ1) is 26.3. The van der Waals surface area contributed by atoms with Crippen LogP contribution >= 0.6 is 7.82 Å². The predicted molar refractivity (Wildman–Crippen MR) is 146 cm³/mol. The second kappa shape index (κ2) is 10.5. The molecule has 9 heteroatoms. The third-order valence-corrected chi connectivity index (χ3v) is 7.73. The third kappa shape index (κ3) is 5.74. The van der Waals surface area contributed by atoms with Gasteiger partial charge in [-0.1, -0.05) is 30.3 Å². The van der Waals surface area contributed by atoms with E-state index in [9.17, 15) is 23.9 Å². The van der Waals surface area contributed by atoms with Crippen LogP contribution in [0.25, 0.3) is 0 Å². The number of phosphoric acid groups is 1. The maximum absolute atomic E-state index is 13.8. The van der Waals surface area contributed by atoms with Gasteiger partial charge in [0.05, 0.1) is 6.10 Å². The molecule has 1 aliphatic heterocycles. The minimum Gasteiger partial charge on any atom is -0.322 e. The Morgan fingerprint density at radius 2 is 1.71 bits per heavy atom. The average molecular weight is 535 g/mol. The van der Waals surface area contributed by atoms with E-state index in [4.69, 9.17) is 4.52 Å². The monoisotopic (exact) mass is 534 g/mol. The van der Waals surface area contributed by atoms with Crippen molar-refractivity contribution in [3.05, 3.63) is 94.0 Å². The van der Waals surface area contributed by atoms with Crippen LogP contribution in [0.2, 0.25) is 0 Å². The van der Waals surface area contributed by atoms with Gasteiger partial charge in [-0.2, -0.15) is 0 Å². The lowest BCUT2D eigenvalue weighted by atomic mass is 9.99. The normalized spacial score (nSPS) is 17.5. The highest BCUT2D eigenvalue weighted by Gasteiger charge is 2.34. The highest BCUT2D eigenvalue weighted by molar-refractivity contribution is 7.46. The molecule has 3 aromatic carbocycles. The molecule has 198 valence electrons. The molecule has 1 saturated carbocycles. The van der Waals surface area contributed by atoms with Gasteiger partial charge in [-0.25, -0.2) is 4.57 Å². The van der Waals surface area contributed by atoms with Crippen LogP contribution in [0, 0.1) is 13.8 Å². The molecule has 2 aliphatic rings. The van der Waals surface area contributed by atoms with Crippen molar-refractivity contribution in [3.63, 3.8) is 0 Å². The van der Waals surface area contributed by atoms with Crippen LogP contribution in [0.4, 0.5) is 11.4 Å². The van der Waals surface area contributed by atoms with Crippen LogP contribution in [0.1, 0.15) is 80.7 Å². The molecule has 38 heavy (non-hydrogen) atoms. The van der Waals surface area contributed by atoms with Gasteiger partial charge in [0, 0.05) is 34.6 Å². The van der Waals surface area contributed by atoms with Crippen molar-refractivity contribution in [2.75, 3.05) is 16.8 Å². The molecule has 0 spiro atoms. The van der Waals surface area contributed by atoms with E-state index in [1.807, 2.05) is 50.2 Å². The minimum atomic E-state index is -4.72. The Labute approximate surface area is 221 Å². The SMILES string of the molecule is Cc1ccccc1C(=O)Nc1ccc(C(=O)N2CCCC(OP(=O)(O)O)c3cc(C4CC4)ccc32)c(C)c1. The van der Waals surface area contributed by atoms with Gasteiger partial charge < -0.3 is 20.0 Å². The summed E-state index contributed by atoms with van der Waals surface area (Å²) in [6.45, 7) is 4.09. The molecule has 0 aromatic heterocycles. The second-order valence-electron chi connectivity index (χ2n) is 10.1. The molecule has 8 nitrogen and oxygen atoms in total. The summed E-state index contributed by atoms with van der Waals surface area (Å²) in [5.74, 6) is 0.00945. The van der Waals surface area contributed by atoms with E-state index in [1.54, 1.807) is 29.2 Å². The summed E-state index contributed by atoms with van der Waals surface area (Å²) >= 11 is 0. The molecule has 2 amide bonds. The first-order chi connectivity index (χ1) is 18.1. The van der Waals surface area contributed by atoms with Gasteiger partial charge >= 0.3 is 7.82 Å². The maximum Gasteiger partial charge on any atom is 0.470 e. The molecule has 0 saturated heterocycles. The lowest BCUT2D eigenvalue weighted by molar-refractivity contribution is 0.0984. The Hall–Kier alpha value is -3.29. The van der Waals surface area contributed by atoms with Crippen molar-refractivity contribution in [2.24, 2.45) is 0 Å². The van der Waals surface area contributed by atoms with Crippen LogP contribution in [-0.4, -0.2) is 28.1 Å². The number of amides is 2. The molecule has 1 atom stereocenters. The number of carbonyl (C=O) groups excluding carboxylic acids is 2. The van der Waals surface area contributed by atoms with Crippen LogP contribution in [-0.2, 0) is 9.09 Å². The molecule has 1 aliphatic carbocycles. The molecule has 1 heterocycles. The summed E-state index contributed by atoms with van der Waals surface area (Å²) in [5, 5.41) is 2.91. The molecular weight excluding hydrogens is 503 g/mol. The van der Waals surface area contributed by atoms with Crippen LogP contribution < -0.4 is 10.2 Å². The number of hydrogen-bond acceptors (Lipinski definition) is 4. The number of benzene rings is 3. The molecular formula is C29H31N2O6P. The van der Waals surface area contributed by atoms with Crippen molar-refractivity contribution >= 4 is 31.0 Å². The van der Waals surface area contributed by atoms with Gasteiger partial charge in [0.15, 0.2) is 0 Å². The van der Waals surface area contributed by atoms with E-state index in [2.05, 4.69) is 5.32 Å². The minimum absolute atomic E-state index is 0.212. The van der Waals surface area contributed by atoms with E-state index in [0.29, 0.717) is 58.9 Å². The van der Waals surface area contributed by atoms with E-state index >= 15 is 0 Å². The zero-order chi connectivity index (χ0) is 27.0. The summed E-state index contributed by atoms with van der Waals surface area (Å²) in [4.78, 5) is 47.3. The van der Waals surface area contributed by atoms with E-state index < -0.39 is 13.9 Å². The second-order valence-corrected chi connectivity index (χ2v) is 11.3.